The minimum Gasteiger partial charge on any atom is -0.467 e. The number of likely N-dealkylation sites (N-methyl/N-ethyl adjacent to an activating group) is 1. The SMILES string of the molecule is CN1C(CCC(=O)NCc2ccco2)CNC(=O)C2C1CCN2Cc1csnn1. The Bertz CT molecular complexity index is 812. The van der Waals surface area contributed by atoms with Gasteiger partial charge in [-0.05, 0) is 43.6 Å². The number of nitrogens with one attached hydrogen (secondary N) is 2. The van der Waals surface area contributed by atoms with E-state index < -0.39 is 0 Å². The maximum absolute atomic E-state index is 12.8. The molecule has 0 saturated carbocycles. The Morgan fingerprint density at radius 2 is 2.38 bits per heavy atom. The minimum atomic E-state index is -0.195. The summed E-state index contributed by atoms with van der Waals surface area (Å²) in [4.78, 5) is 29.5. The lowest BCUT2D eigenvalue weighted by atomic mass is 10.0. The molecule has 0 aliphatic carbocycles. The van der Waals surface area contributed by atoms with Crippen molar-refractivity contribution in [2.75, 3.05) is 20.1 Å². The summed E-state index contributed by atoms with van der Waals surface area (Å²) in [6.45, 7) is 2.44. The highest BCUT2D eigenvalue weighted by Crippen LogP contribution is 2.28. The summed E-state index contributed by atoms with van der Waals surface area (Å²) >= 11 is 1.33. The summed E-state index contributed by atoms with van der Waals surface area (Å²) in [7, 11) is 2.07. The summed E-state index contributed by atoms with van der Waals surface area (Å²) < 4.78 is 9.15. The van der Waals surface area contributed by atoms with Crippen molar-refractivity contribution < 1.29 is 14.0 Å². The molecule has 0 radical (unpaired) electrons. The van der Waals surface area contributed by atoms with Crippen molar-refractivity contribution in [2.45, 2.75) is 50.5 Å². The number of hydrogen-bond acceptors (Lipinski definition) is 8. The van der Waals surface area contributed by atoms with Crippen LogP contribution in [0.4, 0.5) is 0 Å². The third kappa shape index (κ3) is 4.65. The predicted molar refractivity (Wildman–Crippen MR) is 107 cm³/mol. The lowest BCUT2D eigenvalue weighted by Gasteiger charge is -2.32. The fraction of sp³-hybridized carbons (Fsp3) is 0.579. The van der Waals surface area contributed by atoms with E-state index in [1.54, 1.807) is 12.3 Å². The number of aromatic nitrogens is 2. The number of likely N-dealkylation sites (tertiary alicyclic amines) is 1. The number of nitrogens with zero attached hydrogens (tertiary/aromatic N) is 4. The number of rotatable bonds is 7. The Hall–Kier alpha value is -2.30. The third-order valence-electron chi connectivity index (χ3n) is 5.86. The molecule has 0 bridgehead atoms. The second kappa shape index (κ2) is 9.02. The maximum Gasteiger partial charge on any atom is 0.239 e. The van der Waals surface area contributed by atoms with Crippen LogP contribution in [0, 0.1) is 0 Å². The van der Waals surface area contributed by atoms with Crippen molar-refractivity contribution in [1.82, 2.24) is 30.0 Å². The first-order valence-corrected chi connectivity index (χ1v) is 10.7. The summed E-state index contributed by atoms with van der Waals surface area (Å²) in [6, 6.07) is 3.71. The van der Waals surface area contributed by atoms with Crippen molar-refractivity contribution in [1.29, 1.82) is 0 Å². The van der Waals surface area contributed by atoms with Crippen LogP contribution in [0.3, 0.4) is 0 Å². The van der Waals surface area contributed by atoms with E-state index in [2.05, 4.69) is 37.1 Å². The molecule has 4 heterocycles. The summed E-state index contributed by atoms with van der Waals surface area (Å²) in [6.07, 6.45) is 3.63. The molecule has 2 aromatic rings. The Balaban J connectivity index is 1.32. The van der Waals surface area contributed by atoms with E-state index in [-0.39, 0.29) is 29.9 Å². The number of carbonyl (C=O) groups is 2. The molecule has 10 heteroatoms. The van der Waals surface area contributed by atoms with Crippen LogP contribution in [0.5, 0.6) is 0 Å². The third-order valence-corrected chi connectivity index (χ3v) is 6.42. The maximum atomic E-state index is 12.8. The van der Waals surface area contributed by atoms with Gasteiger partial charge in [0.05, 0.1) is 18.5 Å². The molecule has 2 fully saturated rings. The average Bonchev–Trinajstić information content (AvgIpc) is 3.47. The summed E-state index contributed by atoms with van der Waals surface area (Å²) in [5.41, 5.74) is 0.903. The molecule has 2 N–H and O–H groups in total. The Morgan fingerprint density at radius 1 is 1.48 bits per heavy atom. The molecule has 0 spiro atoms. The van der Waals surface area contributed by atoms with Gasteiger partial charge in [0.2, 0.25) is 11.8 Å². The molecule has 3 unspecified atom stereocenters. The Labute approximate surface area is 173 Å². The van der Waals surface area contributed by atoms with Gasteiger partial charge in [-0.2, -0.15) is 0 Å². The Kier molecular flexibility index (Phi) is 6.22. The van der Waals surface area contributed by atoms with Gasteiger partial charge in [-0.15, -0.1) is 5.10 Å². The van der Waals surface area contributed by atoms with Gasteiger partial charge in [0.25, 0.3) is 0 Å². The molecule has 29 heavy (non-hydrogen) atoms. The van der Waals surface area contributed by atoms with E-state index >= 15 is 0 Å². The first-order valence-electron chi connectivity index (χ1n) is 9.90. The van der Waals surface area contributed by atoms with Crippen molar-refractivity contribution in [2.24, 2.45) is 0 Å². The fourth-order valence-electron chi connectivity index (χ4n) is 4.27. The van der Waals surface area contributed by atoms with Crippen LogP contribution in [0.2, 0.25) is 0 Å². The molecular weight excluding hydrogens is 392 g/mol. The van der Waals surface area contributed by atoms with E-state index in [4.69, 9.17) is 4.42 Å². The minimum absolute atomic E-state index is 0.00833. The topological polar surface area (TPSA) is 104 Å². The van der Waals surface area contributed by atoms with Crippen molar-refractivity contribution in [3.8, 4) is 0 Å². The van der Waals surface area contributed by atoms with Crippen LogP contribution >= 0.6 is 11.5 Å². The first kappa shape index (κ1) is 20.0. The van der Waals surface area contributed by atoms with Gasteiger partial charge < -0.3 is 15.1 Å². The number of furan rings is 1. The van der Waals surface area contributed by atoms with Crippen molar-refractivity contribution >= 4 is 23.3 Å². The number of fused-ring (bicyclic) bond motifs is 1. The average molecular weight is 419 g/mol. The van der Waals surface area contributed by atoms with E-state index in [0.29, 0.717) is 32.5 Å². The van der Waals surface area contributed by atoms with Gasteiger partial charge in [0, 0.05) is 43.5 Å². The van der Waals surface area contributed by atoms with Gasteiger partial charge in [-0.3, -0.25) is 19.4 Å². The van der Waals surface area contributed by atoms with Gasteiger partial charge in [0.15, 0.2) is 0 Å². The van der Waals surface area contributed by atoms with Crippen LogP contribution in [-0.4, -0.2) is 69.5 Å². The van der Waals surface area contributed by atoms with E-state index in [1.165, 1.54) is 11.5 Å². The number of hydrogen-bond donors (Lipinski definition) is 2. The molecule has 9 nitrogen and oxygen atoms in total. The van der Waals surface area contributed by atoms with E-state index in [0.717, 1.165) is 24.4 Å². The van der Waals surface area contributed by atoms with Crippen LogP contribution in [0.1, 0.15) is 30.7 Å². The molecule has 0 aromatic carbocycles. The van der Waals surface area contributed by atoms with Gasteiger partial charge in [0.1, 0.15) is 11.8 Å². The lowest BCUT2D eigenvalue weighted by molar-refractivity contribution is -0.126. The molecule has 2 saturated heterocycles. The largest absolute Gasteiger partial charge is 0.467 e. The molecule has 2 aliphatic heterocycles. The van der Waals surface area contributed by atoms with Crippen molar-refractivity contribution in [3.63, 3.8) is 0 Å². The normalized spacial score (nSPS) is 25.4. The quantitative estimate of drug-likeness (QED) is 0.679. The molecule has 2 aromatic heterocycles. The van der Waals surface area contributed by atoms with E-state index in [1.807, 2.05) is 11.4 Å². The number of carbonyl (C=O) groups excluding carboxylic acids is 2. The first-order chi connectivity index (χ1) is 14.1. The smallest absolute Gasteiger partial charge is 0.239 e. The zero-order chi connectivity index (χ0) is 20.2. The summed E-state index contributed by atoms with van der Waals surface area (Å²) in [5, 5.41) is 12.0. The second-order valence-corrected chi connectivity index (χ2v) is 8.24. The van der Waals surface area contributed by atoms with E-state index in [9.17, 15) is 9.59 Å². The lowest BCUT2D eigenvalue weighted by Crippen LogP contribution is -2.49. The van der Waals surface area contributed by atoms with Crippen LogP contribution in [0.25, 0.3) is 0 Å². The molecular formula is C19H26N6O3S. The van der Waals surface area contributed by atoms with Gasteiger partial charge >= 0.3 is 0 Å². The molecule has 3 atom stereocenters. The Morgan fingerprint density at radius 3 is 3.14 bits per heavy atom. The van der Waals surface area contributed by atoms with Crippen LogP contribution in [-0.2, 0) is 22.7 Å². The monoisotopic (exact) mass is 418 g/mol. The summed E-state index contributed by atoms with van der Waals surface area (Å²) in [5.74, 6) is 0.791. The van der Waals surface area contributed by atoms with Crippen molar-refractivity contribution in [3.05, 3.63) is 35.2 Å². The highest BCUT2D eigenvalue weighted by atomic mass is 32.1. The zero-order valence-electron chi connectivity index (χ0n) is 16.4. The van der Waals surface area contributed by atoms with Crippen LogP contribution in [0.15, 0.2) is 28.2 Å². The molecule has 4 rings (SSSR count). The molecule has 156 valence electrons. The fourth-order valence-corrected chi connectivity index (χ4v) is 4.71. The molecule has 2 aliphatic rings. The number of amides is 2. The second-order valence-electron chi connectivity index (χ2n) is 7.63. The predicted octanol–water partition coefficient (Wildman–Crippen LogP) is 0.601. The molecule has 2 amide bonds. The highest BCUT2D eigenvalue weighted by Gasteiger charge is 2.45. The van der Waals surface area contributed by atoms with Gasteiger partial charge in [-0.1, -0.05) is 4.49 Å². The van der Waals surface area contributed by atoms with Gasteiger partial charge in [-0.25, -0.2) is 0 Å². The highest BCUT2D eigenvalue weighted by molar-refractivity contribution is 7.03. The zero-order valence-corrected chi connectivity index (χ0v) is 17.2. The van der Waals surface area contributed by atoms with Crippen LogP contribution < -0.4 is 10.6 Å². The standard InChI is InChI=1S/C19H26N6O3S/c1-24-14(4-5-17(26)20-10-15-3-2-8-28-15)9-21-19(27)18-16(24)6-7-25(18)11-13-12-29-23-22-13/h2-3,8,12,14,16,18H,4-7,9-11H2,1H3,(H,20,26)(H,21,27).